The van der Waals surface area contributed by atoms with Gasteiger partial charge in [0.1, 0.15) is 23.0 Å². The highest BCUT2D eigenvalue weighted by atomic mass is 32.2. The molecule has 0 amide bonds. The van der Waals surface area contributed by atoms with Crippen LogP contribution in [0.5, 0.6) is 0 Å². The smallest absolute Gasteiger partial charge is 0.265 e. The van der Waals surface area contributed by atoms with Gasteiger partial charge in [-0.3, -0.25) is 9.71 Å². The highest BCUT2D eigenvalue weighted by Crippen LogP contribution is 2.22. The number of hydrogen-bond donors (Lipinski definition) is 2. The molecule has 0 unspecified atom stereocenters. The van der Waals surface area contributed by atoms with Gasteiger partial charge in [0, 0.05) is 12.3 Å². The maximum atomic E-state index is 12.2. The molecule has 0 fully saturated rings. The molecule has 0 bridgehead atoms. The molecule has 6 nitrogen and oxygen atoms in total. The fraction of sp³-hybridized carbons (Fsp3) is 0.250. The lowest BCUT2D eigenvalue weighted by Crippen LogP contribution is -2.13. The Morgan fingerprint density at radius 3 is 2.63 bits per heavy atom. The van der Waals surface area contributed by atoms with E-state index in [1.807, 2.05) is 6.92 Å². The molecule has 2 aromatic rings. The monoisotopic (exact) mass is 282 g/mol. The number of nitrogens with zero attached hydrogens (tertiary/aromatic N) is 1. The molecule has 0 saturated carbocycles. The minimum absolute atomic E-state index is 0.0121. The molecule has 0 spiro atoms. The van der Waals surface area contributed by atoms with Crippen LogP contribution in [0.1, 0.15) is 17.1 Å². The first-order valence-corrected chi connectivity index (χ1v) is 7.05. The van der Waals surface area contributed by atoms with E-state index in [1.54, 1.807) is 12.3 Å². The summed E-state index contributed by atoms with van der Waals surface area (Å²) in [6, 6.07) is 2.98. The highest BCUT2D eigenvalue weighted by Gasteiger charge is 2.21. The zero-order valence-corrected chi connectivity index (χ0v) is 11.4. The Labute approximate surface area is 111 Å². The highest BCUT2D eigenvalue weighted by molar-refractivity contribution is 7.92. The number of pyridine rings is 1. The van der Waals surface area contributed by atoms with E-state index in [-0.39, 0.29) is 23.0 Å². The molecule has 2 rings (SSSR count). The van der Waals surface area contributed by atoms with Crippen molar-refractivity contribution in [3.8, 4) is 0 Å². The minimum Gasteiger partial charge on any atom is -0.462 e. The third-order valence-corrected chi connectivity index (χ3v) is 3.98. The lowest BCUT2D eigenvalue weighted by Gasteiger charge is -2.06. The maximum Gasteiger partial charge on any atom is 0.265 e. The van der Waals surface area contributed by atoms with Crippen molar-refractivity contribution in [3.05, 3.63) is 41.6 Å². The molecule has 7 heteroatoms. The Morgan fingerprint density at radius 1 is 1.32 bits per heavy atom. The zero-order chi connectivity index (χ0) is 14.0. The normalized spacial score (nSPS) is 11.5. The molecule has 2 aromatic heterocycles. The number of aryl methyl sites for hydroxylation is 2. The molecule has 0 saturated heterocycles. The van der Waals surface area contributed by atoms with Crippen molar-refractivity contribution < 1.29 is 17.9 Å². The maximum absolute atomic E-state index is 12.2. The SMILES string of the molecule is Cc1cncc(NS(=O)(=O)c2cc(CO)oc2C)c1. The number of sulfonamides is 1. The fourth-order valence-electron chi connectivity index (χ4n) is 1.69. The van der Waals surface area contributed by atoms with Crippen LogP contribution in [-0.4, -0.2) is 18.5 Å². The number of aromatic nitrogens is 1. The van der Waals surface area contributed by atoms with Gasteiger partial charge in [-0.15, -0.1) is 0 Å². The topological polar surface area (TPSA) is 92.4 Å². The molecular formula is C12H14N2O4S. The molecule has 0 aliphatic rings. The van der Waals surface area contributed by atoms with Gasteiger partial charge in [-0.1, -0.05) is 0 Å². The van der Waals surface area contributed by atoms with E-state index >= 15 is 0 Å². The lowest BCUT2D eigenvalue weighted by molar-refractivity contribution is 0.245. The largest absolute Gasteiger partial charge is 0.462 e. The lowest BCUT2D eigenvalue weighted by atomic mass is 10.3. The summed E-state index contributed by atoms with van der Waals surface area (Å²) in [5, 5.41) is 8.95. The van der Waals surface area contributed by atoms with Gasteiger partial charge in [0.15, 0.2) is 0 Å². The summed E-state index contributed by atoms with van der Waals surface area (Å²) in [5.41, 5.74) is 1.23. The van der Waals surface area contributed by atoms with Crippen LogP contribution in [0.25, 0.3) is 0 Å². The predicted octanol–water partition coefficient (Wildman–Crippen LogP) is 1.58. The van der Waals surface area contributed by atoms with Gasteiger partial charge in [-0.2, -0.15) is 0 Å². The molecule has 0 atom stereocenters. The molecule has 102 valence electrons. The van der Waals surface area contributed by atoms with Gasteiger partial charge in [0.05, 0.1) is 11.9 Å². The summed E-state index contributed by atoms with van der Waals surface area (Å²) in [6.07, 6.45) is 3.05. The van der Waals surface area contributed by atoms with Crippen molar-refractivity contribution >= 4 is 15.7 Å². The standard InChI is InChI=1S/C12H14N2O4S/c1-8-3-10(6-13-5-8)14-19(16,17)12-4-11(7-15)18-9(12)2/h3-6,14-15H,7H2,1-2H3. The van der Waals surface area contributed by atoms with E-state index in [0.29, 0.717) is 5.69 Å². The van der Waals surface area contributed by atoms with E-state index in [0.717, 1.165) is 5.56 Å². The van der Waals surface area contributed by atoms with Crippen molar-refractivity contribution in [1.29, 1.82) is 0 Å². The van der Waals surface area contributed by atoms with Crippen molar-refractivity contribution in [2.75, 3.05) is 4.72 Å². The Kier molecular flexibility index (Phi) is 3.59. The van der Waals surface area contributed by atoms with E-state index in [2.05, 4.69) is 9.71 Å². The zero-order valence-electron chi connectivity index (χ0n) is 10.5. The Hall–Kier alpha value is -1.86. The first-order chi connectivity index (χ1) is 8.92. The van der Waals surface area contributed by atoms with E-state index < -0.39 is 10.0 Å². The van der Waals surface area contributed by atoms with Gasteiger partial charge in [-0.25, -0.2) is 8.42 Å². The van der Waals surface area contributed by atoms with Gasteiger partial charge in [-0.05, 0) is 25.5 Å². The molecule has 0 aliphatic heterocycles. The number of anilines is 1. The summed E-state index contributed by atoms with van der Waals surface area (Å²) in [7, 11) is -3.74. The summed E-state index contributed by atoms with van der Waals surface area (Å²) in [6.45, 7) is 3.00. The minimum atomic E-state index is -3.74. The average molecular weight is 282 g/mol. The van der Waals surface area contributed by atoms with E-state index in [1.165, 1.54) is 19.2 Å². The molecule has 2 N–H and O–H groups in total. The van der Waals surface area contributed by atoms with Crippen molar-refractivity contribution in [2.24, 2.45) is 0 Å². The number of hydrogen-bond acceptors (Lipinski definition) is 5. The fourth-order valence-corrected chi connectivity index (χ4v) is 2.93. The summed E-state index contributed by atoms with van der Waals surface area (Å²) < 4.78 is 31.9. The third-order valence-electron chi connectivity index (χ3n) is 2.50. The van der Waals surface area contributed by atoms with Gasteiger partial charge >= 0.3 is 0 Å². The van der Waals surface area contributed by atoms with E-state index in [4.69, 9.17) is 9.52 Å². The van der Waals surface area contributed by atoms with Gasteiger partial charge in [0.2, 0.25) is 0 Å². The van der Waals surface area contributed by atoms with Crippen molar-refractivity contribution in [3.63, 3.8) is 0 Å². The van der Waals surface area contributed by atoms with Crippen LogP contribution in [0.4, 0.5) is 5.69 Å². The molecule has 2 heterocycles. The molecular weight excluding hydrogens is 268 g/mol. The number of rotatable bonds is 4. The van der Waals surface area contributed by atoms with Crippen LogP contribution in [0.3, 0.4) is 0 Å². The number of nitrogens with one attached hydrogen (secondary N) is 1. The summed E-state index contributed by atoms with van der Waals surface area (Å²) in [5.74, 6) is 0.442. The van der Waals surface area contributed by atoms with Crippen LogP contribution in [0.2, 0.25) is 0 Å². The van der Waals surface area contributed by atoms with Crippen LogP contribution < -0.4 is 4.72 Å². The second kappa shape index (κ2) is 5.02. The first kappa shape index (κ1) is 13.6. The predicted molar refractivity (Wildman–Crippen MR) is 69.2 cm³/mol. The average Bonchev–Trinajstić information content (AvgIpc) is 2.71. The molecule has 0 radical (unpaired) electrons. The number of aliphatic hydroxyl groups is 1. The van der Waals surface area contributed by atoms with Gasteiger partial charge < -0.3 is 9.52 Å². The Balaban J connectivity index is 2.34. The summed E-state index contributed by atoms with van der Waals surface area (Å²) in [4.78, 5) is 3.93. The molecule has 0 aromatic carbocycles. The quantitative estimate of drug-likeness (QED) is 0.888. The number of aliphatic hydroxyl groups excluding tert-OH is 1. The van der Waals surface area contributed by atoms with Crippen LogP contribution in [0, 0.1) is 13.8 Å². The Bertz CT molecular complexity index is 692. The number of furan rings is 1. The van der Waals surface area contributed by atoms with Crippen LogP contribution >= 0.6 is 0 Å². The first-order valence-electron chi connectivity index (χ1n) is 5.57. The van der Waals surface area contributed by atoms with Crippen LogP contribution in [0.15, 0.2) is 33.8 Å². The third kappa shape index (κ3) is 2.94. The van der Waals surface area contributed by atoms with Crippen LogP contribution in [-0.2, 0) is 16.6 Å². The molecule has 0 aliphatic carbocycles. The Morgan fingerprint density at radius 2 is 2.05 bits per heavy atom. The second-order valence-electron chi connectivity index (χ2n) is 4.15. The van der Waals surface area contributed by atoms with E-state index in [9.17, 15) is 8.42 Å². The van der Waals surface area contributed by atoms with Crippen molar-refractivity contribution in [2.45, 2.75) is 25.3 Å². The second-order valence-corrected chi connectivity index (χ2v) is 5.80. The van der Waals surface area contributed by atoms with Gasteiger partial charge in [0.25, 0.3) is 10.0 Å². The molecule has 19 heavy (non-hydrogen) atoms. The summed E-state index contributed by atoms with van der Waals surface area (Å²) >= 11 is 0. The van der Waals surface area contributed by atoms with Crippen molar-refractivity contribution in [1.82, 2.24) is 4.98 Å².